The number of fused-ring (bicyclic) bond motifs is 1. The van der Waals surface area contributed by atoms with Gasteiger partial charge in [0.1, 0.15) is 17.4 Å². The highest BCUT2D eigenvalue weighted by Gasteiger charge is 2.29. The van der Waals surface area contributed by atoms with Crippen LogP contribution in [0.15, 0.2) is 12.3 Å². The molecule has 0 radical (unpaired) electrons. The zero-order valence-electron chi connectivity index (χ0n) is 11.6. The second-order valence-corrected chi connectivity index (χ2v) is 5.86. The smallest absolute Gasteiger partial charge is 0.243 e. The molecule has 1 aliphatic heterocycles. The number of nitrogens with zero attached hydrogens (tertiary/aromatic N) is 3. The number of hydrogen-bond donors (Lipinski definition) is 1. The first-order valence-electron chi connectivity index (χ1n) is 6.85. The lowest BCUT2D eigenvalue weighted by atomic mass is 10.1. The van der Waals surface area contributed by atoms with Crippen molar-refractivity contribution in [3.05, 3.63) is 23.7 Å². The van der Waals surface area contributed by atoms with Crippen molar-refractivity contribution in [3.8, 4) is 0 Å². The van der Waals surface area contributed by atoms with E-state index in [-0.39, 0.29) is 17.3 Å². The first kappa shape index (κ1) is 13.4. The van der Waals surface area contributed by atoms with Crippen LogP contribution in [0.3, 0.4) is 0 Å². The second-order valence-electron chi connectivity index (χ2n) is 5.21. The molecule has 1 N–H and O–H groups in total. The summed E-state index contributed by atoms with van der Waals surface area (Å²) in [5, 5.41) is 2.64. The number of pyridine rings is 1. The Labute approximate surface area is 122 Å². The summed E-state index contributed by atoms with van der Waals surface area (Å²) in [4.78, 5) is 21.2. The van der Waals surface area contributed by atoms with Gasteiger partial charge in [0.2, 0.25) is 5.91 Å². The van der Waals surface area contributed by atoms with Gasteiger partial charge in [-0.25, -0.2) is 9.97 Å². The van der Waals surface area contributed by atoms with E-state index in [4.69, 9.17) is 11.6 Å². The summed E-state index contributed by atoms with van der Waals surface area (Å²) in [6.07, 6.45) is 3.50. The first-order chi connectivity index (χ1) is 9.59. The number of imidazole rings is 1. The number of aromatic nitrogens is 3. The lowest BCUT2D eigenvalue weighted by Crippen LogP contribution is -2.38. The van der Waals surface area contributed by atoms with Crippen molar-refractivity contribution < 1.29 is 4.79 Å². The maximum absolute atomic E-state index is 12.2. The molecule has 6 heteroatoms. The quantitative estimate of drug-likeness (QED) is 0.865. The van der Waals surface area contributed by atoms with Crippen LogP contribution in [-0.4, -0.2) is 27.0 Å². The molecule has 3 rings (SSSR count). The van der Waals surface area contributed by atoms with Crippen LogP contribution in [0.5, 0.6) is 0 Å². The Morgan fingerprint density at radius 1 is 1.55 bits per heavy atom. The Balaban J connectivity index is 2.23. The third kappa shape index (κ3) is 2.06. The molecule has 0 aliphatic carbocycles. The lowest BCUT2D eigenvalue weighted by molar-refractivity contribution is -0.125. The SMILES string of the molecule is Cc1ccnc2c1nc(C(C)Cl)n2C1CCCNC1=O. The van der Waals surface area contributed by atoms with Crippen LogP contribution in [-0.2, 0) is 4.79 Å². The largest absolute Gasteiger partial charge is 0.354 e. The molecule has 20 heavy (non-hydrogen) atoms. The Morgan fingerprint density at radius 2 is 2.35 bits per heavy atom. The number of carbonyl (C=O) groups is 1. The van der Waals surface area contributed by atoms with Gasteiger partial charge in [-0.2, -0.15) is 0 Å². The van der Waals surface area contributed by atoms with Gasteiger partial charge in [-0.1, -0.05) is 0 Å². The Bertz CT molecular complexity index is 664. The molecule has 1 fully saturated rings. The molecule has 2 aromatic heterocycles. The van der Waals surface area contributed by atoms with E-state index in [1.807, 2.05) is 24.5 Å². The molecule has 1 amide bonds. The van der Waals surface area contributed by atoms with Gasteiger partial charge in [0, 0.05) is 12.7 Å². The number of alkyl halides is 1. The van der Waals surface area contributed by atoms with E-state index in [2.05, 4.69) is 15.3 Å². The van der Waals surface area contributed by atoms with Gasteiger partial charge in [0.05, 0.1) is 5.38 Å². The van der Waals surface area contributed by atoms with Crippen LogP contribution in [0.25, 0.3) is 11.2 Å². The monoisotopic (exact) mass is 292 g/mol. The second kappa shape index (κ2) is 5.05. The standard InChI is InChI=1S/C14H17ClN4O/c1-8-5-7-16-13-11(8)18-12(9(2)15)19(13)10-4-3-6-17-14(10)20/h5,7,9-10H,3-4,6H2,1-2H3,(H,17,20). The van der Waals surface area contributed by atoms with Crippen molar-refractivity contribution in [2.75, 3.05) is 6.54 Å². The molecule has 0 bridgehead atoms. The predicted molar refractivity (Wildman–Crippen MR) is 77.8 cm³/mol. The van der Waals surface area contributed by atoms with Gasteiger partial charge in [0.15, 0.2) is 5.65 Å². The van der Waals surface area contributed by atoms with E-state index in [9.17, 15) is 4.79 Å². The molecule has 1 saturated heterocycles. The average molecular weight is 293 g/mol. The van der Waals surface area contributed by atoms with Crippen LogP contribution >= 0.6 is 11.6 Å². The van der Waals surface area contributed by atoms with Gasteiger partial charge in [-0.15, -0.1) is 11.6 Å². The first-order valence-corrected chi connectivity index (χ1v) is 7.28. The van der Waals surface area contributed by atoms with Crippen molar-refractivity contribution in [1.29, 1.82) is 0 Å². The van der Waals surface area contributed by atoms with Crippen molar-refractivity contribution in [2.24, 2.45) is 0 Å². The van der Waals surface area contributed by atoms with Crippen molar-refractivity contribution in [3.63, 3.8) is 0 Å². The van der Waals surface area contributed by atoms with E-state index in [1.54, 1.807) is 6.20 Å². The molecule has 0 aromatic carbocycles. The van der Waals surface area contributed by atoms with E-state index >= 15 is 0 Å². The molecule has 3 heterocycles. The lowest BCUT2D eigenvalue weighted by Gasteiger charge is -2.25. The fourth-order valence-electron chi connectivity index (χ4n) is 2.72. The van der Waals surface area contributed by atoms with Gasteiger partial charge in [0.25, 0.3) is 0 Å². The van der Waals surface area contributed by atoms with Crippen molar-refractivity contribution in [1.82, 2.24) is 19.9 Å². The molecule has 5 nitrogen and oxygen atoms in total. The summed E-state index contributed by atoms with van der Waals surface area (Å²) < 4.78 is 1.91. The maximum Gasteiger partial charge on any atom is 0.243 e. The van der Waals surface area contributed by atoms with E-state index in [1.165, 1.54) is 0 Å². The Morgan fingerprint density at radius 3 is 3.05 bits per heavy atom. The zero-order valence-corrected chi connectivity index (χ0v) is 12.3. The fourth-order valence-corrected chi connectivity index (χ4v) is 2.87. The fraction of sp³-hybridized carbons (Fsp3) is 0.500. The number of carbonyl (C=O) groups excluding carboxylic acids is 1. The molecule has 2 unspecified atom stereocenters. The highest BCUT2D eigenvalue weighted by Crippen LogP contribution is 2.31. The van der Waals surface area contributed by atoms with E-state index in [0.717, 1.165) is 36.1 Å². The van der Waals surface area contributed by atoms with E-state index < -0.39 is 0 Å². The summed E-state index contributed by atoms with van der Waals surface area (Å²) in [5.74, 6) is 0.739. The molecule has 0 spiro atoms. The number of amides is 1. The summed E-state index contributed by atoms with van der Waals surface area (Å²) in [6, 6.07) is 1.66. The third-order valence-corrected chi connectivity index (χ3v) is 3.93. The molecule has 2 atom stereocenters. The van der Waals surface area contributed by atoms with Crippen LogP contribution in [0.2, 0.25) is 0 Å². The Kier molecular flexibility index (Phi) is 3.38. The molecule has 2 aromatic rings. The molecular weight excluding hydrogens is 276 g/mol. The summed E-state index contributed by atoms with van der Waals surface area (Å²) >= 11 is 6.26. The van der Waals surface area contributed by atoms with Crippen LogP contribution < -0.4 is 5.32 Å². The van der Waals surface area contributed by atoms with Crippen molar-refractivity contribution >= 4 is 28.7 Å². The van der Waals surface area contributed by atoms with Crippen molar-refractivity contribution in [2.45, 2.75) is 38.1 Å². The number of halogens is 1. The zero-order chi connectivity index (χ0) is 14.3. The average Bonchev–Trinajstić information content (AvgIpc) is 2.80. The van der Waals surface area contributed by atoms with Crippen LogP contribution in [0.1, 0.15) is 42.6 Å². The summed E-state index contributed by atoms with van der Waals surface area (Å²) in [6.45, 7) is 4.60. The Hall–Kier alpha value is -1.62. The van der Waals surface area contributed by atoms with E-state index in [0.29, 0.717) is 5.82 Å². The number of hydrogen-bond acceptors (Lipinski definition) is 3. The minimum atomic E-state index is -0.265. The number of rotatable bonds is 2. The molecule has 1 aliphatic rings. The predicted octanol–water partition coefficient (Wildman–Crippen LogP) is 2.49. The minimum absolute atomic E-state index is 0.0254. The number of aryl methyl sites for hydroxylation is 1. The normalized spacial score (nSPS) is 20.9. The van der Waals surface area contributed by atoms with Gasteiger partial charge >= 0.3 is 0 Å². The molecular formula is C14H17ClN4O. The van der Waals surface area contributed by atoms with Crippen LogP contribution in [0.4, 0.5) is 0 Å². The number of piperidine rings is 1. The molecule has 106 valence electrons. The van der Waals surface area contributed by atoms with Gasteiger partial charge in [-0.05, 0) is 38.3 Å². The topological polar surface area (TPSA) is 59.8 Å². The van der Waals surface area contributed by atoms with Gasteiger partial charge < -0.3 is 5.32 Å². The van der Waals surface area contributed by atoms with Crippen LogP contribution in [0, 0.1) is 6.92 Å². The maximum atomic E-state index is 12.2. The summed E-state index contributed by atoms with van der Waals surface area (Å²) in [5.41, 5.74) is 2.62. The summed E-state index contributed by atoms with van der Waals surface area (Å²) in [7, 11) is 0. The third-order valence-electron chi connectivity index (χ3n) is 3.73. The molecule has 0 saturated carbocycles. The minimum Gasteiger partial charge on any atom is -0.354 e. The van der Waals surface area contributed by atoms with Gasteiger partial charge in [-0.3, -0.25) is 9.36 Å². The highest BCUT2D eigenvalue weighted by atomic mass is 35.5. The highest BCUT2D eigenvalue weighted by molar-refractivity contribution is 6.20. The number of nitrogens with one attached hydrogen (secondary N) is 1.